The first kappa shape index (κ1) is 12.0. The molecular formula is C9H14F3N3. The van der Waals surface area contributed by atoms with Crippen LogP contribution in [0.5, 0.6) is 0 Å². The molecule has 86 valence electrons. The highest BCUT2D eigenvalue weighted by atomic mass is 19.4. The van der Waals surface area contributed by atoms with E-state index in [-0.39, 0.29) is 6.42 Å². The number of nitrogens with one attached hydrogen (secondary N) is 1. The van der Waals surface area contributed by atoms with Gasteiger partial charge in [-0.25, -0.2) is 4.98 Å². The molecule has 0 bridgehead atoms. The van der Waals surface area contributed by atoms with E-state index in [1.54, 1.807) is 24.1 Å². The van der Waals surface area contributed by atoms with Crippen LogP contribution >= 0.6 is 0 Å². The normalized spacial score (nSPS) is 12.0. The van der Waals surface area contributed by atoms with Gasteiger partial charge < -0.3 is 9.88 Å². The number of alkyl halides is 3. The number of hydrogen-bond acceptors (Lipinski definition) is 2. The minimum absolute atomic E-state index is 0.0938. The fourth-order valence-electron chi connectivity index (χ4n) is 1.33. The van der Waals surface area contributed by atoms with Crippen molar-refractivity contribution in [2.75, 3.05) is 7.05 Å². The molecule has 3 nitrogen and oxygen atoms in total. The molecule has 0 aliphatic rings. The van der Waals surface area contributed by atoms with Gasteiger partial charge in [0.1, 0.15) is 0 Å². The molecule has 0 aliphatic heterocycles. The third kappa shape index (κ3) is 4.33. The molecule has 0 saturated heterocycles. The van der Waals surface area contributed by atoms with Crippen LogP contribution in [0.4, 0.5) is 13.2 Å². The Balaban J connectivity index is 2.40. The molecule has 0 unspecified atom stereocenters. The van der Waals surface area contributed by atoms with Gasteiger partial charge in [-0.05, 0) is 13.5 Å². The summed E-state index contributed by atoms with van der Waals surface area (Å²) in [5.74, 6) is 0. The van der Waals surface area contributed by atoms with Gasteiger partial charge in [0, 0.05) is 25.7 Å². The number of aryl methyl sites for hydroxylation is 1. The third-order valence-corrected chi connectivity index (χ3v) is 2.02. The molecule has 0 aromatic carbocycles. The molecule has 6 heteroatoms. The van der Waals surface area contributed by atoms with Crippen molar-refractivity contribution < 1.29 is 13.2 Å². The van der Waals surface area contributed by atoms with E-state index in [4.69, 9.17) is 0 Å². The van der Waals surface area contributed by atoms with Crippen molar-refractivity contribution in [1.82, 2.24) is 14.9 Å². The van der Waals surface area contributed by atoms with E-state index >= 15 is 0 Å². The Morgan fingerprint density at radius 2 is 2.20 bits per heavy atom. The Hall–Kier alpha value is -1.04. The van der Waals surface area contributed by atoms with Crippen LogP contribution in [0, 0.1) is 0 Å². The number of nitrogens with zero attached hydrogens (tertiary/aromatic N) is 2. The standard InChI is InChI=1S/C9H14F3N3/c1-13-5-8-6-14-7-15(8)4-2-3-9(10,11)12/h6-7,13H,2-5H2,1H3. The smallest absolute Gasteiger partial charge is 0.333 e. The molecule has 0 fully saturated rings. The molecule has 1 aromatic heterocycles. The Morgan fingerprint density at radius 3 is 2.80 bits per heavy atom. The maximum absolute atomic E-state index is 11.9. The molecule has 0 amide bonds. The summed E-state index contributed by atoms with van der Waals surface area (Å²) in [6.45, 7) is 0.975. The van der Waals surface area contributed by atoms with E-state index in [9.17, 15) is 13.2 Å². The molecule has 1 rings (SSSR count). The fourth-order valence-corrected chi connectivity index (χ4v) is 1.33. The highest BCUT2D eigenvalue weighted by Crippen LogP contribution is 2.21. The van der Waals surface area contributed by atoms with Crippen molar-refractivity contribution in [2.45, 2.75) is 32.1 Å². The van der Waals surface area contributed by atoms with Crippen LogP contribution in [0.2, 0.25) is 0 Å². The average molecular weight is 221 g/mol. The summed E-state index contributed by atoms with van der Waals surface area (Å²) < 4.78 is 37.4. The van der Waals surface area contributed by atoms with Crippen LogP contribution in [0.1, 0.15) is 18.5 Å². The van der Waals surface area contributed by atoms with Gasteiger partial charge in [-0.15, -0.1) is 0 Å². The molecule has 15 heavy (non-hydrogen) atoms. The Morgan fingerprint density at radius 1 is 1.47 bits per heavy atom. The zero-order chi connectivity index (χ0) is 11.3. The maximum Gasteiger partial charge on any atom is 0.389 e. The lowest BCUT2D eigenvalue weighted by molar-refractivity contribution is -0.135. The number of rotatable bonds is 5. The second-order valence-electron chi connectivity index (χ2n) is 3.33. The third-order valence-electron chi connectivity index (χ3n) is 2.02. The summed E-state index contributed by atoms with van der Waals surface area (Å²) in [6, 6.07) is 0. The second kappa shape index (κ2) is 5.16. The van der Waals surface area contributed by atoms with E-state index in [1.165, 1.54) is 0 Å². The predicted octanol–water partition coefficient (Wildman–Crippen LogP) is 1.95. The van der Waals surface area contributed by atoms with Crippen LogP contribution in [0.25, 0.3) is 0 Å². The van der Waals surface area contributed by atoms with Gasteiger partial charge in [0.15, 0.2) is 0 Å². The van der Waals surface area contributed by atoms with Crippen molar-refractivity contribution >= 4 is 0 Å². The SMILES string of the molecule is CNCc1cncn1CCCC(F)(F)F. The van der Waals surface area contributed by atoms with Crippen molar-refractivity contribution in [3.05, 3.63) is 18.2 Å². The Labute approximate surface area is 86.3 Å². The molecule has 1 heterocycles. The second-order valence-corrected chi connectivity index (χ2v) is 3.33. The summed E-state index contributed by atoms with van der Waals surface area (Å²) >= 11 is 0. The zero-order valence-electron chi connectivity index (χ0n) is 8.51. The molecule has 0 saturated carbocycles. The van der Waals surface area contributed by atoms with E-state index in [2.05, 4.69) is 10.3 Å². The first-order valence-corrected chi connectivity index (χ1v) is 4.73. The minimum Gasteiger partial charge on any atom is -0.333 e. The Bertz CT molecular complexity index is 293. The topological polar surface area (TPSA) is 29.9 Å². The van der Waals surface area contributed by atoms with Gasteiger partial charge in [-0.3, -0.25) is 0 Å². The number of halogens is 3. The van der Waals surface area contributed by atoms with Crippen molar-refractivity contribution in [1.29, 1.82) is 0 Å². The van der Waals surface area contributed by atoms with Crippen molar-refractivity contribution in [2.24, 2.45) is 0 Å². The summed E-state index contributed by atoms with van der Waals surface area (Å²) in [4.78, 5) is 3.90. The van der Waals surface area contributed by atoms with Crippen LogP contribution < -0.4 is 5.32 Å². The molecule has 1 N–H and O–H groups in total. The zero-order valence-corrected chi connectivity index (χ0v) is 8.51. The van der Waals surface area contributed by atoms with Gasteiger partial charge in [0.25, 0.3) is 0 Å². The molecule has 0 atom stereocenters. The minimum atomic E-state index is -4.07. The maximum atomic E-state index is 11.9. The summed E-state index contributed by atoms with van der Waals surface area (Å²) in [5.41, 5.74) is 0.902. The van der Waals surface area contributed by atoms with E-state index in [1.807, 2.05) is 0 Å². The first-order chi connectivity index (χ1) is 7.03. The average Bonchev–Trinajstić information content (AvgIpc) is 2.51. The van der Waals surface area contributed by atoms with Gasteiger partial charge >= 0.3 is 6.18 Å². The lowest BCUT2D eigenvalue weighted by Crippen LogP contribution is -2.13. The number of hydrogen-bond donors (Lipinski definition) is 1. The summed E-state index contributed by atoms with van der Waals surface area (Å²) in [6.07, 6.45) is -1.50. The lowest BCUT2D eigenvalue weighted by atomic mass is 10.3. The fraction of sp³-hybridized carbons (Fsp3) is 0.667. The molecular weight excluding hydrogens is 207 g/mol. The monoisotopic (exact) mass is 221 g/mol. The van der Waals surface area contributed by atoms with Crippen LogP contribution in [-0.4, -0.2) is 22.8 Å². The summed E-state index contributed by atoms with van der Waals surface area (Å²) in [5, 5.41) is 2.93. The molecule has 1 aromatic rings. The highest BCUT2D eigenvalue weighted by molar-refractivity contribution is 4.97. The molecule has 0 radical (unpaired) electrons. The van der Waals surface area contributed by atoms with Crippen molar-refractivity contribution in [3.63, 3.8) is 0 Å². The van der Waals surface area contributed by atoms with E-state index in [0.717, 1.165) is 5.69 Å². The number of imidazole rings is 1. The van der Waals surface area contributed by atoms with Crippen LogP contribution in [0.3, 0.4) is 0 Å². The number of aromatic nitrogens is 2. The van der Waals surface area contributed by atoms with Gasteiger partial charge in [-0.1, -0.05) is 0 Å². The Kier molecular flexibility index (Phi) is 4.14. The van der Waals surface area contributed by atoms with Crippen LogP contribution in [0.15, 0.2) is 12.5 Å². The molecule has 0 aliphatic carbocycles. The molecule has 0 spiro atoms. The first-order valence-electron chi connectivity index (χ1n) is 4.73. The quantitative estimate of drug-likeness (QED) is 0.823. The van der Waals surface area contributed by atoms with E-state index in [0.29, 0.717) is 13.1 Å². The van der Waals surface area contributed by atoms with Gasteiger partial charge in [0.05, 0.1) is 12.0 Å². The van der Waals surface area contributed by atoms with Gasteiger partial charge in [-0.2, -0.15) is 13.2 Å². The van der Waals surface area contributed by atoms with Crippen LogP contribution in [-0.2, 0) is 13.1 Å². The van der Waals surface area contributed by atoms with E-state index < -0.39 is 12.6 Å². The largest absolute Gasteiger partial charge is 0.389 e. The highest BCUT2D eigenvalue weighted by Gasteiger charge is 2.26. The van der Waals surface area contributed by atoms with Crippen molar-refractivity contribution in [3.8, 4) is 0 Å². The lowest BCUT2D eigenvalue weighted by Gasteiger charge is -2.09. The summed E-state index contributed by atoms with van der Waals surface area (Å²) in [7, 11) is 1.78. The van der Waals surface area contributed by atoms with Gasteiger partial charge in [0.2, 0.25) is 0 Å². The predicted molar refractivity (Wildman–Crippen MR) is 50.3 cm³/mol.